The van der Waals surface area contributed by atoms with E-state index >= 15 is 0 Å². The van der Waals surface area contributed by atoms with E-state index in [0.717, 1.165) is 17.5 Å². The van der Waals surface area contributed by atoms with E-state index in [2.05, 4.69) is 223 Å². The Morgan fingerprint density at radius 2 is 0.778 bits per heavy atom. The van der Waals surface area contributed by atoms with Crippen LogP contribution >= 0.6 is 0 Å². The molecule has 4 aliphatic rings. The van der Waals surface area contributed by atoms with Crippen molar-refractivity contribution in [2.75, 3.05) is 4.90 Å². The van der Waals surface area contributed by atoms with E-state index in [4.69, 9.17) is 0 Å². The SMILES string of the molecule is c1ccc(-c2ccccc2-c2ccccc2-c2ccc(N(c3ccc(C4CC5CCC4C5)cc3)c3ccc4c(c3)C3(c5ccccc5-c5ccccc53)c3ccccc3-4)cc2)cc1. The lowest BCUT2D eigenvalue weighted by atomic mass is 9.70. The predicted octanol–water partition coefficient (Wildman–Crippen LogP) is 16.4. The Labute approximate surface area is 371 Å². The van der Waals surface area contributed by atoms with Crippen molar-refractivity contribution in [2.45, 2.75) is 37.0 Å². The fraction of sp³-hybridized carbons (Fsp3) is 0.129. The molecule has 13 rings (SSSR count). The lowest BCUT2D eigenvalue weighted by Gasteiger charge is -2.32. The van der Waals surface area contributed by atoms with Crippen LogP contribution in [0, 0.1) is 11.8 Å². The van der Waals surface area contributed by atoms with E-state index in [0.29, 0.717) is 5.92 Å². The van der Waals surface area contributed by atoms with Crippen molar-refractivity contribution in [2.24, 2.45) is 11.8 Å². The second-order valence-electron chi connectivity index (χ2n) is 18.3. The van der Waals surface area contributed by atoms with Gasteiger partial charge >= 0.3 is 0 Å². The number of hydrogen-bond donors (Lipinski definition) is 0. The maximum atomic E-state index is 2.52. The highest BCUT2D eigenvalue weighted by atomic mass is 15.1. The second-order valence-corrected chi connectivity index (χ2v) is 18.3. The van der Waals surface area contributed by atoms with Gasteiger partial charge in [0.1, 0.15) is 0 Å². The van der Waals surface area contributed by atoms with Crippen LogP contribution < -0.4 is 4.90 Å². The first-order chi connectivity index (χ1) is 31.2. The van der Waals surface area contributed by atoms with Gasteiger partial charge in [0.05, 0.1) is 5.41 Å². The first kappa shape index (κ1) is 36.4. The van der Waals surface area contributed by atoms with Crippen LogP contribution in [0.3, 0.4) is 0 Å². The number of rotatable bonds is 7. The monoisotopic (exact) mass is 805 g/mol. The Kier molecular flexibility index (Phi) is 8.35. The molecule has 0 radical (unpaired) electrons. The summed E-state index contributed by atoms with van der Waals surface area (Å²) in [5.74, 6) is 2.46. The summed E-state index contributed by atoms with van der Waals surface area (Å²) >= 11 is 0. The summed E-state index contributed by atoms with van der Waals surface area (Å²) in [6.07, 6.45) is 5.58. The Hall–Kier alpha value is -7.22. The molecular weight excluding hydrogens is 759 g/mol. The average Bonchev–Trinajstić information content (AvgIpc) is 4.14. The molecule has 3 unspecified atom stereocenters. The Morgan fingerprint density at radius 3 is 1.30 bits per heavy atom. The lowest BCUT2D eigenvalue weighted by molar-refractivity contribution is 0.420. The maximum absolute atomic E-state index is 2.52. The zero-order chi connectivity index (χ0) is 41.5. The van der Waals surface area contributed by atoms with Crippen LogP contribution in [0.25, 0.3) is 55.6 Å². The first-order valence-corrected chi connectivity index (χ1v) is 22.9. The minimum Gasteiger partial charge on any atom is -0.310 e. The van der Waals surface area contributed by atoms with E-state index in [1.807, 2.05) is 0 Å². The van der Waals surface area contributed by atoms with Crippen molar-refractivity contribution in [1.82, 2.24) is 0 Å². The largest absolute Gasteiger partial charge is 0.310 e. The van der Waals surface area contributed by atoms with E-state index in [9.17, 15) is 0 Å². The van der Waals surface area contributed by atoms with Gasteiger partial charge in [-0.2, -0.15) is 0 Å². The summed E-state index contributed by atoms with van der Waals surface area (Å²) in [5, 5.41) is 0. The van der Waals surface area contributed by atoms with Gasteiger partial charge in [0.25, 0.3) is 0 Å². The summed E-state index contributed by atoms with van der Waals surface area (Å²) in [6, 6.07) is 82.0. The maximum Gasteiger partial charge on any atom is 0.0726 e. The zero-order valence-corrected chi connectivity index (χ0v) is 35.3. The summed E-state index contributed by atoms with van der Waals surface area (Å²) in [7, 11) is 0. The second kappa shape index (κ2) is 14.4. The fourth-order valence-corrected chi connectivity index (χ4v) is 12.5. The molecule has 9 aromatic rings. The molecule has 1 heteroatoms. The van der Waals surface area contributed by atoms with Crippen LogP contribution in [-0.4, -0.2) is 0 Å². The summed E-state index contributed by atoms with van der Waals surface area (Å²) in [6.45, 7) is 0. The highest BCUT2D eigenvalue weighted by Gasteiger charge is 2.51. The van der Waals surface area contributed by atoms with Crippen molar-refractivity contribution in [3.05, 3.63) is 246 Å². The molecule has 9 aromatic carbocycles. The Morgan fingerprint density at radius 1 is 0.333 bits per heavy atom. The lowest BCUT2D eigenvalue weighted by Crippen LogP contribution is -2.26. The predicted molar refractivity (Wildman–Crippen MR) is 262 cm³/mol. The van der Waals surface area contributed by atoms with Gasteiger partial charge in [0, 0.05) is 17.1 Å². The van der Waals surface area contributed by atoms with Gasteiger partial charge in [-0.25, -0.2) is 0 Å². The third-order valence-electron chi connectivity index (χ3n) is 15.2. The summed E-state index contributed by atoms with van der Waals surface area (Å²) < 4.78 is 0. The quantitative estimate of drug-likeness (QED) is 0.155. The minimum absolute atomic E-state index is 0.407. The van der Waals surface area contributed by atoms with Crippen LogP contribution in [0.4, 0.5) is 17.1 Å². The molecule has 0 amide bonds. The van der Waals surface area contributed by atoms with Gasteiger partial charge in [-0.1, -0.05) is 188 Å². The van der Waals surface area contributed by atoms with E-state index in [1.165, 1.54) is 121 Å². The molecule has 300 valence electrons. The van der Waals surface area contributed by atoms with E-state index in [-0.39, 0.29) is 0 Å². The molecule has 1 nitrogen and oxygen atoms in total. The molecule has 2 bridgehead atoms. The van der Waals surface area contributed by atoms with Gasteiger partial charge in [0.2, 0.25) is 0 Å². The van der Waals surface area contributed by atoms with Crippen molar-refractivity contribution in [1.29, 1.82) is 0 Å². The highest BCUT2D eigenvalue weighted by molar-refractivity contribution is 5.97. The number of fused-ring (bicyclic) bond motifs is 12. The number of nitrogens with zero attached hydrogens (tertiary/aromatic N) is 1. The molecule has 0 heterocycles. The molecule has 0 N–H and O–H groups in total. The number of anilines is 3. The number of hydrogen-bond acceptors (Lipinski definition) is 1. The molecule has 0 saturated heterocycles. The fourth-order valence-electron chi connectivity index (χ4n) is 12.5. The standard InChI is InChI=1S/C62H47N/c1-2-14-42(15-3-1)49-16-4-6-18-51(49)52-19-7-5-17-50(52)43-28-32-46(33-29-43)63(47-34-30-44(31-35-47)57-39-41-26-27-45(57)38-41)48-36-37-56-55-22-10-13-25-60(55)62(61(56)40-48)58-23-11-8-20-53(58)54-21-9-12-24-59(54)62/h1-25,28-37,40-41,45,57H,26-27,38-39H2. The van der Waals surface area contributed by atoms with Gasteiger partial charge < -0.3 is 4.90 Å². The average molecular weight is 806 g/mol. The highest BCUT2D eigenvalue weighted by Crippen LogP contribution is 2.63. The molecule has 0 aliphatic heterocycles. The molecule has 63 heavy (non-hydrogen) atoms. The van der Waals surface area contributed by atoms with Crippen LogP contribution in [0.5, 0.6) is 0 Å². The summed E-state index contributed by atoms with van der Waals surface area (Å²) in [5.41, 5.74) is 22.7. The van der Waals surface area contributed by atoms with E-state index < -0.39 is 5.41 Å². The van der Waals surface area contributed by atoms with Crippen LogP contribution in [0.1, 0.15) is 59.4 Å². The van der Waals surface area contributed by atoms with E-state index in [1.54, 1.807) is 0 Å². The molecule has 0 aromatic heterocycles. The van der Waals surface area contributed by atoms with Crippen molar-refractivity contribution < 1.29 is 0 Å². The van der Waals surface area contributed by atoms with Gasteiger partial charge in [0.15, 0.2) is 0 Å². The van der Waals surface area contributed by atoms with Gasteiger partial charge in [-0.15, -0.1) is 0 Å². The molecule has 1 spiro atoms. The first-order valence-electron chi connectivity index (χ1n) is 22.9. The third kappa shape index (κ3) is 5.55. The van der Waals surface area contributed by atoms with Crippen LogP contribution in [0.15, 0.2) is 218 Å². The molecule has 2 fully saturated rings. The summed E-state index contributed by atoms with van der Waals surface area (Å²) in [4.78, 5) is 2.49. The van der Waals surface area contributed by atoms with Gasteiger partial charge in [-0.3, -0.25) is 0 Å². The van der Waals surface area contributed by atoms with Crippen LogP contribution in [-0.2, 0) is 5.41 Å². The van der Waals surface area contributed by atoms with Gasteiger partial charge in [-0.05, 0) is 157 Å². The van der Waals surface area contributed by atoms with Crippen molar-refractivity contribution >= 4 is 17.1 Å². The van der Waals surface area contributed by atoms with Crippen molar-refractivity contribution in [3.63, 3.8) is 0 Å². The van der Waals surface area contributed by atoms with Crippen LogP contribution in [0.2, 0.25) is 0 Å². The molecule has 2 saturated carbocycles. The third-order valence-corrected chi connectivity index (χ3v) is 15.2. The minimum atomic E-state index is -0.407. The number of benzene rings is 9. The Balaban J connectivity index is 0.961. The molecular formula is C62H47N. The molecule has 4 aliphatic carbocycles. The normalized spacial score (nSPS) is 18.2. The van der Waals surface area contributed by atoms with Crippen molar-refractivity contribution in [3.8, 4) is 55.6 Å². The topological polar surface area (TPSA) is 3.24 Å². The smallest absolute Gasteiger partial charge is 0.0726 e. The zero-order valence-electron chi connectivity index (χ0n) is 35.3. The molecule has 3 atom stereocenters. The Bertz CT molecular complexity index is 3130.